The molecule has 1 N–H and O–H groups in total. The van der Waals surface area contributed by atoms with E-state index < -0.39 is 0 Å². The molecule has 1 fully saturated rings. The number of piperidine rings is 1. The molecule has 0 atom stereocenters. The van der Waals surface area contributed by atoms with Crippen molar-refractivity contribution in [1.29, 1.82) is 0 Å². The summed E-state index contributed by atoms with van der Waals surface area (Å²) < 4.78 is 6.38. The Morgan fingerprint density at radius 1 is 1.36 bits per heavy atom. The normalized spacial score (nSPS) is 16.7. The third kappa shape index (κ3) is 4.44. The quantitative estimate of drug-likeness (QED) is 0.839. The molecule has 1 aromatic rings. The van der Waals surface area contributed by atoms with Gasteiger partial charge in [-0.15, -0.1) is 12.4 Å². The lowest BCUT2D eigenvalue weighted by Gasteiger charge is -2.38. The topological polar surface area (TPSA) is 41.6 Å². The Bertz CT molecular complexity index is 487. The van der Waals surface area contributed by atoms with Crippen LogP contribution in [-0.2, 0) is 16.1 Å². The van der Waals surface area contributed by atoms with Crippen molar-refractivity contribution in [2.45, 2.75) is 19.4 Å². The van der Waals surface area contributed by atoms with Gasteiger partial charge in [0.2, 0.25) is 5.91 Å². The van der Waals surface area contributed by atoms with E-state index in [1.165, 1.54) is 0 Å². The van der Waals surface area contributed by atoms with E-state index in [2.05, 4.69) is 21.2 Å². The van der Waals surface area contributed by atoms with Crippen molar-refractivity contribution < 1.29 is 9.53 Å². The summed E-state index contributed by atoms with van der Waals surface area (Å²) in [7, 11) is 3.55. The monoisotopic (exact) mass is 390 g/mol. The minimum atomic E-state index is -0.379. The number of amides is 1. The molecule has 0 bridgehead atoms. The number of halogens is 2. The first-order valence-electron chi connectivity index (χ1n) is 7.28. The van der Waals surface area contributed by atoms with Crippen LogP contribution in [0.2, 0.25) is 0 Å². The van der Waals surface area contributed by atoms with Crippen LogP contribution in [-0.4, -0.2) is 44.7 Å². The zero-order valence-corrected chi connectivity index (χ0v) is 15.5. The van der Waals surface area contributed by atoms with Crippen molar-refractivity contribution in [3.63, 3.8) is 0 Å². The van der Waals surface area contributed by atoms with Gasteiger partial charge < -0.3 is 15.0 Å². The van der Waals surface area contributed by atoms with Gasteiger partial charge in [-0.2, -0.15) is 0 Å². The van der Waals surface area contributed by atoms with E-state index in [1.807, 2.05) is 36.2 Å². The lowest BCUT2D eigenvalue weighted by Crippen LogP contribution is -2.50. The van der Waals surface area contributed by atoms with Gasteiger partial charge in [0.05, 0.1) is 12.0 Å². The average molecular weight is 392 g/mol. The van der Waals surface area contributed by atoms with Crippen LogP contribution in [0.25, 0.3) is 0 Å². The fourth-order valence-electron chi connectivity index (χ4n) is 2.96. The van der Waals surface area contributed by atoms with E-state index in [0.29, 0.717) is 13.2 Å². The SMILES string of the molecule is COCC1(C(=O)N(C)Cc2ccccc2Br)CCNCC1.Cl. The molecule has 0 spiro atoms. The summed E-state index contributed by atoms with van der Waals surface area (Å²) in [6.45, 7) is 2.85. The van der Waals surface area contributed by atoms with Gasteiger partial charge in [-0.1, -0.05) is 34.1 Å². The lowest BCUT2D eigenvalue weighted by atomic mass is 9.78. The Labute approximate surface area is 147 Å². The maximum absolute atomic E-state index is 12.9. The number of ether oxygens (including phenoxy) is 1. The number of methoxy groups -OCH3 is 1. The van der Waals surface area contributed by atoms with Crippen molar-refractivity contribution in [2.24, 2.45) is 5.41 Å². The molecule has 6 heteroatoms. The minimum Gasteiger partial charge on any atom is -0.384 e. The van der Waals surface area contributed by atoms with Crippen molar-refractivity contribution >= 4 is 34.2 Å². The Morgan fingerprint density at radius 3 is 2.59 bits per heavy atom. The van der Waals surface area contributed by atoms with Gasteiger partial charge in [-0.25, -0.2) is 0 Å². The highest BCUT2D eigenvalue weighted by atomic mass is 79.9. The third-order valence-electron chi connectivity index (χ3n) is 4.15. The second kappa shape index (κ2) is 8.87. The molecule has 0 aromatic heterocycles. The minimum absolute atomic E-state index is 0. The summed E-state index contributed by atoms with van der Waals surface area (Å²) in [5.41, 5.74) is 0.741. The predicted molar refractivity (Wildman–Crippen MR) is 94.3 cm³/mol. The molecular weight excluding hydrogens is 368 g/mol. The first-order valence-corrected chi connectivity index (χ1v) is 8.07. The third-order valence-corrected chi connectivity index (χ3v) is 4.92. The fraction of sp³-hybridized carbons (Fsp3) is 0.562. The number of nitrogens with one attached hydrogen (secondary N) is 1. The largest absolute Gasteiger partial charge is 0.384 e. The molecule has 1 aliphatic rings. The molecule has 1 saturated heterocycles. The number of rotatable bonds is 5. The van der Waals surface area contributed by atoms with Gasteiger partial charge in [0.15, 0.2) is 0 Å². The summed E-state index contributed by atoms with van der Waals surface area (Å²) in [4.78, 5) is 14.8. The van der Waals surface area contributed by atoms with Crippen molar-refractivity contribution in [1.82, 2.24) is 10.2 Å². The molecule has 124 valence electrons. The zero-order chi connectivity index (χ0) is 15.3. The van der Waals surface area contributed by atoms with Gasteiger partial charge >= 0.3 is 0 Å². The Hall–Kier alpha value is -0.620. The van der Waals surface area contributed by atoms with Gasteiger partial charge in [-0.3, -0.25) is 4.79 Å². The number of hydrogen-bond acceptors (Lipinski definition) is 3. The summed E-state index contributed by atoms with van der Waals surface area (Å²) in [5.74, 6) is 0.182. The van der Waals surface area contributed by atoms with Gasteiger partial charge in [0, 0.05) is 25.2 Å². The summed E-state index contributed by atoms with van der Waals surface area (Å²) >= 11 is 3.54. The van der Waals surface area contributed by atoms with Crippen LogP contribution in [0.3, 0.4) is 0 Å². The maximum atomic E-state index is 12.9. The first-order chi connectivity index (χ1) is 10.1. The smallest absolute Gasteiger partial charge is 0.231 e. The van der Waals surface area contributed by atoms with Crippen LogP contribution in [0.1, 0.15) is 18.4 Å². The molecule has 22 heavy (non-hydrogen) atoms. The van der Waals surface area contributed by atoms with E-state index in [0.717, 1.165) is 36.0 Å². The molecule has 0 radical (unpaired) electrons. The molecule has 0 unspecified atom stereocenters. The van der Waals surface area contributed by atoms with E-state index in [9.17, 15) is 4.79 Å². The van der Waals surface area contributed by atoms with Crippen LogP contribution < -0.4 is 5.32 Å². The molecule has 0 saturated carbocycles. The van der Waals surface area contributed by atoms with E-state index in [-0.39, 0.29) is 23.7 Å². The zero-order valence-electron chi connectivity index (χ0n) is 13.1. The maximum Gasteiger partial charge on any atom is 0.231 e. The number of hydrogen-bond donors (Lipinski definition) is 1. The van der Waals surface area contributed by atoms with Crippen molar-refractivity contribution in [3.05, 3.63) is 34.3 Å². The number of nitrogens with zero attached hydrogens (tertiary/aromatic N) is 1. The van der Waals surface area contributed by atoms with Crippen molar-refractivity contribution in [3.8, 4) is 0 Å². The highest BCUT2D eigenvalue weighted by Crippen LogP contribution is 2.32. The van der Waals surface area contributed by atoms with Gasteiger partial charge in [0.25, 0.3) is 0 Å². The Kier molecular flexibility index (Phi) is 7.83. The summed E-state index contributed by atoms with van der Waals surface area (Å²) in [6, 6.07) is 8.02. The molecule has 1 heterocycles. The molecule has 4 nitrogen and oxygen atoms in total. The van der Waals surface area contributed by atoms with Crippen LogP contribution >= 0.6 is 28.3 Å². The fourth-order valence-corrected chi connectivity index (χ4v) is 3.37. The second-order valence-corrected chi connectivity index (χ2v) is 6.57. The first kappa shape index (κ1) is 19.4. The van der Waals surface area contributed by atoms with Gasteiger partial charge in [0.1, 0.15) is 0 Å². The molecule has 0 aliphatic carbocycles. The highest BCUT2D eigenvalue weighted by Gasteiger charge is 2.41. The van der Waals surface area contributed by atoms with Crippen LogP contribution in [0.4, 0.5) is 0 Å². The summed E-state index contributed by atoms with van der Waals surface area (Å²) in [6.07, 6.45) is 1.67. The van der Waals surface area contributed by atoms with Crippen LogP contribution in [0.5, 0.6) is 0 Å². The van der Waals surface area contributed by atoms with Gasteiger partial charge in [-0.05, 0) is 37.6 Å². The standard InChI is InChI=1S/C16H23BrN2O2.ClH/c1-19(11-13-5-3-4-6-14(13)17)15(20)16(12-21-2)7-9-18-10-8-16;/h3-6,18H,7-12H2,1-2H3;1H. The van der Waals surface area contributed by atoms with E-state index >= 15 is 0 Å². The number of benzene rings is 1. The number of carbonyl (C=O) groups is 1. The van der Waals surface area contributed by atoms with E-state index in [4.69, 9.17) is 4.74 Å². The Balaban J connectivity index is 0.00000242. The molecule has 1 amide bonds. The molecule has 1 aromatic carbocycles. The summed E-state index contributed by atoms with van der Waals surface area (Å²) in [5, 5.41) is 3.32. The van der Waals surface area contributed by atoms with Crippen LogP contribution in [0, 0.1) is 5.41 Å². The molecule has 2 rings (SSSR count). The molecule has 1 aliphatic heterocycles. The second-order valence-electron chi connectivity index (χ2n) is 5.72. The predicted octanol–water partition coefficient (Wildman–Crippen LogP) is 2.85. The average Bonchev–Trinajstić information content (AvgIpc) is 2.50. The number of carbonyl (C=O) groups excluding carboxylic acids is 1. The van der Waals surface area contributed by atoms with Crippen molar-refractivity contribution in [2.75, 3.05) is 33.9 Å². The highest BCUT2D eigenvalue weighted by molar-refractivity contribution is 9.10. The molecular formula is C16H24BrClN2O2. The Morgan fingerprint density at radius 2 is 2.00 bits per heavy atom. The van der Waals surface area contributed by atoms with E-state index in [1.54, 1.807) is 7.11 Å². The van der Waals surface area contributed by atoms with Crippen LogP contribution in [0.15, 0.2) is 28.7 Å². The lowest BCUT2D eigenvalue weighted by molar-refractivity contribution is -0.146.